The SMILES string of the molecule is Nc1ccnc(CN2C(=O)CCCC2=O)c1. The Hall–Kier alpha value is -1.91. The van der Waals surface area contributed by atoms with Gasteiger partial charge in [0, 0.05) is 24.7 Å². The van der Waals surface area contributed by atoms with Crippen LogP contribution in [0.25, 0.3) is 0 Å². The maximum Gasteiger partial charge on any atom is 0.229 e. The number of nitrogens with zero attached hydrogens (tertiary/aromatic N) is 2. The van der Waals surface area contributed by atoms with Gasteiger partial charge in [-0.2, -0.15) is 0 Å². The van der Waals surface area contributed by atoms with Gasteiger partial charge in [0.1, 0.15) is 0 Å². The van der Waals surface area contributed by atoms with Crippen molar-refractivity contribution in [2.45, 2.75) is 25.8 Å². The third kappa shape index (κ3) is 2.18. The van der Waals surface area contributed by atoms with E-state index in [0.29, 0.717) is 30.6 Å². The molecule has 0 saturated carbocycles. The van der Waals surface area contributed by atoms with Crippen LogP contribution >= 0.6 is 0 Å². The number of carbonyl (C=O) groups is 2. The summed E-state index contributed by atoms with van der Waals surface area (Å²) in [5.41, 5.74) is 6.83. The van der Waals surface area contributed by atoms with Gasteiger partial charge >= 0.3 is 0 Å². The monoisotopic (exact) mass is 219 g/mol. The van der Waals surface area contributed by atoms with Crippen LogP contribution in [0.4, 0.5) is 5.69 Å². The van der Waals surface area contributed by atoms with Gasteiger partial charge in [0.15, 0.2) is 0 Å². The number of piperidine rings is 1. The molecular formula is C11H13N3O2. The summed E-state index contributed by atoms with van der Waals surface area (Å²) in [5, 5.41) is 0. The zero-order valence-corrected chi connectivity index (χ0v) is 8.85. The van der Waals surface area contributed by atoms with Gasteiger partial charge in [0.25, 0.3) is 0 Å². The molecule has 0 aromatic carbocycles. The van der Waals surface area contributed by atoms with Crippen LogP contribution in [0.15, 0.2) is 18.3 Å². The first-order chi connectivity index (χ1) is 7.66. The largest absolute Gasteiger partial charge is 0.399 e. The molecule has 5 nitrogen and oxygen atoms in total. The van der Waals surface area contributed by atoms with Crippen molar-refractivity contribution < 1.29 is 9.59 Å². The van der Waals surface area contributed by atoms with Gasteiger partial charge in [-0.1, -0.05) is 0 Å². The van der Waals surface area contributed by atoms with E-state index >= 15 is 0 Å². The molecule has 2 heterocycles. The standard InChI is InChI=1S/C11H13N3O2/c12-8-4-5-13-9(6-8)7-14-10(15)2-1-3-11(14)16/h4-6H,1-3,7H2,(H2,12,13). The topological polar surface area (TPSA) is 76.3 Å². The highest BCUT2D eigenvalue weighted by atomic mass is 16.2. The Balaban J connectivity index is 2.13. The highest BCUT2D eigenvalue weighted by Gasteiger charge is 2.25. The quantitative estimate of drug-likeness (QED) is 0.743. The minimum absolute atomic E-state index is 0.125. The molecule has 2 N–H and O–H groups in total. The average Bonchev–Trinajstić information content (AvgIpc) is 2.24. The first-order valence-electron chi connectivity index (χ1n) is 5.20. The molecule has 1 aromatic heterocycles. The first kappa shape index (κ1) is 10.6. The molecule has 2 amide bonds. The summed E-state index contributed by atoms with van der Waals surface area (Å²) in [5.74, 6) is -0.249. The predicted octanol–water partition coefficient (Wildman–Crippen LogP) is 0.703. The molecule has 1 saturated heterocycles. The zero-order valence-electron chi connectivity index (χ0n) is 8.85. The summed E-state index contributed by atoms with van der Waals surface area (Å²) in [4.78, 5) is 28.4. The zero-order chi connectivity index (χ0) is 11.5. The maximum absolute atomic E-state index is 11.5. The van der Waals surface area contributed by atoms with Gasteiger partial charge in [-0.05, 0) is 18.6 Å². The summed E-state index contributed by atoms with van der Waals surface area (Å²) >= 11 is 0. The lowest BCUT2D eigenvalue weighted by Gasteiger charge is -2.24. The van der Waals surface area contributed by atoms with Gasteiger partial charge in [-0.3, -0.25) is 19.5 Å². The van der Waals surface area contributed by atoms with E-state index in [2.05, 4.69) is 4.98 Å². The molecular weight excluding hydrogens is 206 g/mol. The van der Waals surface area contributed by atoms with Crippen molar-refractivity contribution in [3.63, 3.8) is 0 Å². The molecule has 0 unspecified atom stereocenters. The molecule has 1 aliphatic rings. The van der Waals surface area contributed by atoms with E-state index in [1.165, 1.54) is 4.90 Å². The second kappa shape index (κ2) is 4.30. The summed E-state index contributed by atoms with van der Waals surface area (Å²) < 4.78 is 0. The van der Waals surface area contributed by atoms with Crippen molar-refractivity contribution >= 4 is 17.5 Å². The Labute approximate surface area is 93.3 Å². The van der Waals surface area contributed by atoms with Crippen LogP contribution in [0.2, 0.25) is 0 Å². The van der Waals surface area contributed by atoms with Crippen molar-refractivity contribution in [3.8, 4) is 0 Å². The first-order valence-corrected chi connectivity index (χ1v) is 5.20. The molecule has 1 fully saturated rings. The van der Waals surface area contributed by atoms with Gasteiger partial charge in [-0.15, -0.1) is 0 Å². The Bertz CT molecular complexity index is 415. The normalized spacial score (nSPS) is 16.6. The molecule has 84 valence electrons. The minimum Gasteiger partial charge on any atom is -0.399 e. The van der Waals surface area contributed by atoms with Crippen LogP contribution < -0.4 is 5.73 Å². The molecule has 16 heavy (non-hydrogen) atoms. The van der Waals surface area contributed by atoms with Crippen molar-refractivity contribution in [3.05, 3.63) is 24.0 Å². The smallest absolute Gasteiger partial charge is 0.229 e. The molecule has 1 aliphatic heterocycles. The van der Waals surface area contributed by atoms with Crippen LogP contribution in [0.5, 0.6) is 0 Å². The molecule has 0 atom stereocenters. The van der Waals surface area contributed by atoms with Crippen molar-refractivity contribution in [1.82, 2.24) is 9.88 Å². The molecule has 1 aromatic rings. The highest BCUT2D eigenvalue weighted by molar-refractivity contribution is 5.97. The van der Waals surface area contributed by atoms with Crippen LogP contribution in [0, 0.1) is 0 Å². The second-order valence-electron chi connectivity index (χ2n) is 3.81. The summed E-state index contributed by atoms with van der Waals surface area (Å²) in [6.45, 7) is 0.225. The number of imide groups is 1. The maximum atomic E-state index is 11.5. The number of amides is 2. The van der Waals surface area contributed by atoms with Gasteiger partial charge in [0.05, 0.1) is 12.2 Å². The van der Waals surface area contributed by atoms with Crippen molar-refractivity contribution in [2.24, 2.45) is 0 Å². The number of rotatable bonds is 2. The van der Waals surface area contributed by atoms with Gasteiger partial charge in [0.2, 0.25) is 11.8 Å². The molecule has 2 rings (SSSR count). The Morgan fingerprint density at radius 1 is 1.31 bits per heavy atom. The Morgan fingerprint density at radius 3 is 2.62 bits per heavy atom. The van der Waals surface area contributed by atoms with E-state index in [1.807, 2.05) is 0 Å². The van der Waals surface area contributed by atoms with Crippen LogP contribution in [0.1, 0.15) is 25.0 Å². The van der Waals surface area contributed by atoms with Gasteiger partial charge < -0.3 is 5.73 Å². The van der Waals surface area contributed by atoms with E-state index in [9.17, 15) is 9.59 Å². The van der Waals surface area contributed by atoms with Crippen LogP contribution in [-0.2, 0) is 16.1 Å². The van der Waals surface area contributed by atoms with E-state index < -0.39 is 0 Å². The van der Waals surface area contributed by atoms with Crippen molar-refractivity contribution in [2.75, 3.05) is 5.73 Å². The lowest BCUT2D eigenvalue weighted by Crippen LogP contribution is -2.39. The fraction of sp³-hybridized carbons (Fsp3) is 0.364. The number of aromatic nitrogens is 1. The van der Waals surface area contributed by atoms with E-state index in [1.54, 1.807) is 18.3 Å². The molecule has 0 aliphatic carbocycles. The Kier molecular flexibility index (Phi) is 2.85. The number of likely N-dealkylation sites (tertiary alicyclic amines) is 1. The molecule has 0 radical (unpaired) electrons. The third-order valence-corrected chi connectivity index (χ3v) is 2.54. The summed E-state index contributed by atoms with van der Waals surface area (Å²) in [6, 6.07) is 3.35. The highest BCUT2D eigenvalue weighted by Crippen LogP contribution is 2.15. The Morgan fingerprint density at radius 2 is 2.00 bits per heavy atom. The number of nitrogens with two attached hydrogens (primary N) is 1. The molecule has 0 spiro atoms. The fourth-order valence-corrected chi connectivity index (χ4v) is 1.72. The van der Waals surface area contributed by atoms with E-state index in [0.717, 1.165) is 0 Å². The number of anilines is 1. The number of hydrogen-bond donors (Lipinski definition) is 1. The van der Waals surface area contributed by atoms with Crippen LogP contribution in [0.3, 0.4) is 0 Å². The van der Waals surface area contributed by atoms with E-state index in [4.69, 9.17) is 5.73 Å². The molecule has 5 heteroatoms. The number of pyridine rings is 1. The average molecular weight is 219 g/mol. The predicted molar refractivity (Wildman–Crippen MR) is 58.1 cm³/mol. The lowest BCUT2D eigenvalue weighted by molar-refractivity contribution is -0.148. The fourth-order valence-electron chi connectivity index (χ4n) is 1.72. The van der Waals surface area contributed by atoms with Gasteiger partial charge in [-0.25, -0.2) is 0 Å². The van der Waals surface area contributed by atoms with Crippen molar-refractivity contribution in [1.29, 1.82) is 0 Å². The number of hydrogen-bond acceptors (Lipinski definition) is 4. The number of carbonyl (C=O) groups excluding carboxylic acids is 2. The summed E-state index contributed by atoms with van der Waals surface area (Å²) in [7, 11) is 0. The van der Waals surface area contributed by atoms with E-state index in [-0.39, 0.29) is 18.4 Å². The second-order valence-corrected chi connectivity index (χ2v) is 3.81. The number of nitrogen functional groups attached to an aromatic ring is 1. The van der Waals surface area contributed by atoms with Crippen LogP contribution in [-0.4, -0.2) is 21.7 Å². The molecule has 0 bridgehead atoms. The third-order valence-electron chi connectivity index (χ3n) is 2.54. The lowest BCUT2D eigenvalue weighted by atomic mass is 10.1. The minimum atomic E-state index is -0.125. The summed E-state index contributed by atoms with van der Waals surface area (Å²) in [6.07, 6.45) is 3.10.